The van der Waals surface area contributed by atoms with Gasteiger partial charge in [0.1, 0.15) is 12.4 Å². The highest BCUT2D eigenvalue weighted by atomic mass is 32.2. The number of carbonyl (C=O) groups excluding carboxylic acids is 1. The van der Waals surface area contributed by atoms with E-state index >= 15 is 0 Å². The van der Waals surface area contributed by atoms with Crippen molar-refractivity contribution >= 4 is 33.0 Å². The SMILES string of the molecule is C=CCN1C(=O)C(C)(C)COc2ccc(NS(=O)(=O)c3ccccc3[N+](=O)[O-])cc21. The van der Waals surface area contributed by atoms with Gasteiger partial charge in [0.05, 0.1) is 21.7 Å². The highest BCUT2D eigenvalue weighted by molar-refractivity contribution is 7.92. The predicted molar refractivity (Wildman–Crippen MR) is 112 cm³/mol. The highest BCUT2D eigenvalue weighted by Gasteiger charge is 2.37. The molecule has 2 aromatic rings. The topological polar surface area (TPSA) is 119 Å². The summed E-state index contributed by atoms with van der Waals surface area (Å²) in [5.74, 6) is 0.226. The van der Waals surface area contributed by atoms with Crippen molar-refractivity contribution < 1.29 is 22.9 Å². The smallest absolute Gasteiger partial charge is 0.289 e. The molecule has 0 spiro atoms. The monoisotopic (exact) mass is 431 g/mol. The molecule has 0 fully saturated rings. The number of fused-ring (bicyclic) bond motifs is 1. The van der Waals surface area contributed by atoms with E-state index in [2.05, 4.69) is 11.3 Å². The summed E-state index contributed by atoms with van der Waals surface area (Å²) in [6.45, 7) is 7.56. The normalized spacial score (nSPS) is 15.5. The zero-order valence-electron chi connectivity index (χ0n) is 16.5. The third kappa shape index (κ3) is 3.99. The van der Waals surface area contributed by atoms with Gasteiger partial charge in [-0.25, -0.2) is 8.42 Å². The highest BCUT2D eigenvalue weighted by Crippen LogP contribution is 2.38. The van der Waals surface area contributed by atoms with Crippen molar-refractivity contribution in [3.8, 4) is 5.75 Å². The first-order chi connectivity index (χ1) is 14.1. The fraction of sp³-hybridized carbons (Fsp3) is 0.250. The molecular formula is C20H21N3O6S. The average Bonchev–Trinajstić information content (AvgIpc) is 2.78. The van der Waals surface area contributed by atoms with Gasteiger partial charge in [0.15, 0.2) is 4.90 Å². The quantitative estimate of drug-likeness (QED) is 0.426. The number of sulfonamides is 1. The zero-order valence-corrected chi connectivity index (χ0v) is 17.3. The van der Waals surface area contributed by atoms with Crippen LogP contribution in [0.5, 0.6) is 5.75 Å². The number of ether oxygens (including phenoxy) is 1. The standard InChI is InChI=1S/C20H21N3O6S/c1-4-11-22-16-12-14(9-10-17(16)29-13-20(2,3)19(22)24)21-30(27,28)18-8-6-5-7-15(18)23(25)26/h4-10,12,21H,1,11,13H2,2-3H3. The second-order valence-corrected chi connectivity index (χ2v) is 9.04. The maximum atomic E-state index is 12.9. The van der Waals surface area contributed by atoms with E-state index < -0.39 is 30.9 Å². The van der Waals surface area contributed by atoms with Crippen molar-refractivity contribution in [3.63, 3.8) is 0 Å². The number of hydrogen-bond acceptors (Lipinski definition) is 6. The van der Waals surface area contributed by atoms with Crippen molar-refractivity contribution in [1.29, 1.82) is 0 Å². The Hall–Kier alpha value is -3.40. The summed E-state index contributed by atoms with van der Waals surface area (Å²) in [5.41, 5.74) is -0.801. The third-order valence-electron chi connectivity index (χ3n) is 4.58. The van der Waals surface area contributed by atoms with E-state index in [1.807, 2.05) is 0 Å². The summed E-state index contributed by atoms with van der Waals surface area (Å²) in [4.78, 5) is 24.4. The van der Waals surface area contributed by atoms with Crippen LogP contribution >= 0.6 is 0 Å². The maximum absolute atomic E-state index is 12.9. The van der Waals surface area contributed by atoms with Gasteiger partial charge in [-0.3, -0.25) is 19.6 Å². The minimum absolute atomic E-state index is 0.136. The number of nitrogens with one attached hydrogen (secondary N) is 1. The Morgan fingerprint density at radius 1 is 1.30 bits per heavy atom. The molecule has 1 amide bonds. The lowest BCUT2D eigenvalue weighted by molar-refractivity contribution is -0.387. The molecule has 0 saturated carbocycles. The van der Waals surface area contributed by atoms with Crippen LogP contribution in [0.3, 0.4) is 0 Å². The van der Waals surface area contributed by atoms with Crippen LogP contribution in [-0.2, 0) is 14.8 Å². The molecule has 9 nitrogen and oxygen atoms in total. The number of rotatable bonds is 6. The molecule has 0 radical (unpaired) electrons. The number of amides is 1. The minimum Gasteiger partial charge on any atom is -0.490 e. The Kier molecular flexibility index (Phi) is 5.53. The van der Waals surface area contributed by atoms with Crippen LogP contribution in [0.15, 0.2) is 60.0 Å². The van der Waals surface area contributed by atoms with Crippen molar-refractivity contribution in [2.24, 2.45) is 5.41 Å². The maximum Gasteiger partial charge on any atom is 0.289 e. The fourth-order valence-electron chi connectivity index (χ4n) is 3.06. The van der Waals surface area contributed by atoms with Crippen LogP contribution in [0.25, 0.3) is 0 Å². The first kappa shape index (κ1) is 21.3. The van der Waals surface area contributed by atoms with E-state index in [4.69, 9.17) is 4.74 Å². The summed E-state index contributed by atoms with van der Waals surface area (Å²) >= 11 is 0. The van der Waals surface area contributed by atoms with E-state index in [1.165, 1.54) is 29.2 Å². The number of para-hydroxylation sites is 1. The first-order valence-electron chi connectivity index (χ1n) is 9.03. The molecule has 2 aromatic carbocycles. The minimum atomic E-state index is -4.25. The molecule has 0 saturated heterocycles. The van der Waals surface area contributed by atoms with Crippen LogP contribution in [0.2, 0.25) is 0 Å². The van der Waals surface area contributed by atoms with Crippen LogP contribution < -0.4 is 14.4 Å². The number of hydrogen-bond donors (Lipinski definition) is 1. The van der Waals surface area contributed by atoms with Gasteiger partial charge in [-0.05, 0) is 38.1 Å². The summed E-state index contributed by atoms with van der Waals surface area (Å²) in [7, 11) is -4.25. The van der Waals surface area contributed by atoms with Gasteiger partial charge in [0.2, 0.25) is 5.91 Å². The zero-order chi connectivity index (χ0) is 22.1. The lowest BCUT2D eigenvalue weighted by Crippen LogP contribution is -2.42. The van der Waals surface area contributed by atoms with Crippen molar-refractivity contribution in [2.75, 3.05) is 22.8 Å². The molecule has 0 bridgehead atoms. The number of nitro benzene ring substituents is 1. The second-order valence-electron chi connectivity index (χ2n) is 7.39. The number of nitrogens with zero attached hydrogens (tertiary/aromatic N) is 2. The van der Waals surface area contributed by atoms with E-state index in [-0.39, 0.29) is 24.7 Å². The molecule has 158 valence electrons. The summed E-state index contributed by atoms with van der Waals surface area (Å²) < 4.78 is 33.7. The molecule has 1 aliphatic rings. The van der Waals surface area contributed by atoms with E-state index in [9.17, 15) is 23.3 Å². The Morgan fingerprint density at radius 3 is 2.67 bits per heavy atom. The molecule has 1 N–H and O–H groups in total. The largest absolute Gasteiger partial charge is 0.490 e. The van der Waals surface area contributed by atoms with Gasteiger partial charge in [-0.2, -0.15) is 0 Å². The van der Waals surface area contributed by atoms with E-state index in [1.54, 1.807) is 26.0 Å². The van der Waals surface area contributed by atoms with Crippen LogP contribution in [0, 0.1) is 15.5 Å². The molecule has 1 aliphatic heterocycles. The van der Waals surface area contributed by atoms with Crippen LogP contribution in [0.1, 0.15) is 13.8 Å². The molecular weight excluding hydrogens is 410 g/mol. The average molecular weight is 431 g/mol. The Bertz CT molecular complexity index is 1130. The second kappa shape index (κ2) is 7.79. The van der Waals surface area contributed by atoms with Gasteiger partial charge in [-0.1, -0.05) is 18.2 Å². The first-order valence-corrected chi connectivity index (χ1v) is 10.5. The Balaban J connectivity index is 2.03. The van der Waals surface area contributed by atoms with Crippen molar-refractivity contribution in [1.82, 2.24) is 0 Å². The summed E-state index contributed by atoms with van der Waals surface area (Å²) in [5, 5.41) is 11.2. The molecule has 0 aliphatic carbocycles. The number of nitro groups is 1. The Labute approximate surface area is 174 Å². The molecule has 0 unspecified atom stereocenters. The van der Waals surface area contributed by atoms with Crippen molar-refractivity contribution in [3.05, 3.63) is 65.2 Å². The van der Waals surface area contributed by atoms with Gasteiger partial charge >= 0.3 is 0 Å². The van der Waals surface area contributed by atoms with E-state index in [0.717, 1.165) is 12.1 Å². The third-order valence-corrected chi connectivity index (χ3v) is 6.01. The number of carbonyl (C=O) groups is 1. The van der Waals surface area contributed by atoms with Crippen LogP contribution in [0.4, 0.5) is 17.1 Å². The molecule has 1 heterocycles. The molecule has 3 rings (SSSR count). The summed E-state index contributed by atoms with van der Waals surface area (Å²) in [6, 6.07) is 9.55. The van der Waals surface area contributed by atoms with Crippen LogP contribution in [-0.4, -0.2) is 32.4 Å². The van der Waals surface area contributed by atoms with Gasteiger partial charge < -0.3 is 9.64 Å². The van der Waals surface area contributed by atoms with Gasteiger partial charge in [-0.15, -0.1) is 6.58 Å². The fourth-order valence-corrected chi connectivity index (χ4v) is 4.29. The van der Waals surface area contributed by atoms with Gasteiger partial charge in [0, 0.05) is 12.6 Å². The Morgan fingerprint density at radius 2 is 2.00 bits per heavy atom. The molecule has 10 heteroatoms. The summed E-state index contributed by atoms with van der Waals surface area (Å²) in [6.07, 6.45) is 1.56. The molecule has 30 heavy (non-hydrogen) atoms. The molecule has 0 aromatic heterocycles. The number of benzene rings is 2. The lowest BCUT2D eigenvalue weighted by Gasteiger charge is -2.27. The van der Waals surface area contributed by atoms with Crippen molar-refractivity contribution in [2.45, 2.75) is 18.7 Å². The van der Waals surface area contributed by atoms with Gasteiger partial charge in [0.25, 0.3) is 15.7 Å². The lowest BCUT2D eigenvalue weighted by atomic mass is 9.93. The molecule has 0 atom stereocenters. The van der Waals surface area contributed by atoms with E-state index in [0.29, 0.717) is 11.4 Å². The predicted octanol–water partition coefficient (Wildman–Crippen LogP) is 3.33. The number of anilines is 2.